The Bertz CT molecular complexity index is 630. The molecule has 1 aromatic carbocycles. The summed E-state index contributed by atoms with van der Waals surface area (Å²) in [6.07, 6.45) is 9.31. The molecule has 1 saturated carbocycles. The van der Waals surface area contributed by atoms with Crippen LogP contribution in [0.15, 0.2) is 12.1 Å². The topological polar surface area (TPSA) is 47.6 Å². The summed E-state index contributed by atoms with van der Waals surface area (Å²) in [4.78, 5) is 12.9. The summed E-state index contributed by atoms with van der Waals surface area (Å²) in [5.41, 5.74) is 2.01. The highest BCUT2D eigenvalue weighted by Gasteiger charge is 2.34. The third-order valence-corrected chi connectivity index (χ3v) is 6.16. The van der Waals surface area contributed by atoms with E-state index in [-0.39, 0.29) is 5.92 Å². The van der Waals surface area contributed by atoms with E-state index >= 15 is 0 Å². The number of benzene rings is 1. The Balaban J connectivity index is 1.50. The summed E-state index contributed by atoms with van der Waals surface area (Å²) in [7, 11) is 1.66. The normalized spacial score (nSPS) is 24.5. The van der Waals surface area contributed by atoms with Crippen molar-refractivity contribution in [3.05, 3.63) is 23.3 Å². The van der Waals surface area contributed by atoms with Crippen LogP contribution < -0.4 is 14.8 Å². The van der Waals surface area contributed by atoms with Crippen LogP contribution in [0.3, 0.4) is 0 Å². The second-order valence-corrected chi connectivity index (χ2v) is 7.88. The van der Waals surface area contributed by atoms with Crippen molar-refractivity contribution in [1.29, 1.82) is 0 Å². The minimum absolute atomic E-state index is 0.143. The molecule has 3 aliphatic rings. The molecule has 0 aromatic heterocycles. The highest BCUT2D eigenvalue weighted by Crippen LogP contribution is 2.40. The lowest BCUT2D eigenvalue weighted by atomic mass is 9.86. The van der Waals surface area contributed by atoms with Crippen LogP contribution in [0.2, 0.25) is 0 Å². The SMILES string of the molecule is COc1cc2c(cc1OC1CCCC1)CC(CC1CCNCC1)C2=O. The number of nitrogens with one attached hydrogen (secondary N) is 1. The van der Waals surface area contributed by atoms with Crippen LogP contribution in [0.1, 0.15) is 60.9 Å². The van der Waals surface area contributed by atoms with Gasteiger partial charge in [-0.1, -0.05) is 0 Å². The zero-order chi connectivity index (χ0) is 17.2. The van der Waals surface area contributed by atoms with Crippen molar-refractivity contribution in [1.82, 2.24) is 5.32 Å². The van der Waals surface area contributed by atoms with Crippen molar-refractivity contribution in [2.45, 2.75) is 57.5 Å². The van der Waals surface area contributed by atoms with Crippen molar-refractivity contribution in [3.63, 3.8) is 0 Å². The Hall–Kier alpha value is -1.55. The number of Topliss-reactive ketones (excluding diaryl/α,β-unsaturated/α-hetero) is 1. The van der Waals surface area contributed by atoms with E-state index in [2.05, 4.69) is 11.4 Å². The Labute approximate surface area is 150 Å². The van der Waals surface area contributed by atoms with Gasteiger partial charge in [-0.05, 0) is 88.1 Å². The maximum atomic E-state index is 12.9. The lowest BCUT2D eigenvalue weighted by Crippen LogP contribution is -2.29. The summed E-state index contributed by atoms with van der Waals surface area (Å²) in [6, 6.07) is 4.00. The molecule has 0 radical (unpaired) electrons. The van der Waals surface area contributed by atoms with Crippen LogP contribution in [0, 0.1) is 11.8 Å². The van der Waals surface area contributed by atoms with Gasteiger partial charge in [-0.15, -0.1) is 0 Å². The van der Waals surface area contributed by atoms with E-state index in [1.165, 1.54) is 25.7 Å². The third-order valence-electron chi connectivity index (χ3n) is 6.16. The van der Waals surface area contributed by atoms with Gasteiger partial charge in [-0.3, -0.25) is 4.79 Å². The fourth-order valence-electron chi connectivity index (χ4n) is 4.73. The van der Waals surface area contributed by atoms with Crippen molar-refractivity contribution in [2.24, 2.45) is 11.8 Å². The summed E-state index contributed by atoms with van der Waals surface area (Å²) in [5, 5.41) is 3.41. The third kappa shape index (κ3) is 3.55. The molecule has 1 heterocycles. The second kappa shape index (κ2) is 7.36. The van der Waals surface area contributed by atoms with Crippen molar-refractivity contribution >= 4 is 5.78 Å². The van der Waals surface area contributed by atoms with Gasteiger partial charge >= 0.3 is 0 Å². The van der Waals surface area contributed by atoms with Crippen LogP contribution in [-0.2, 0) is 6.42 Å². The number of ketones is 1. The predicted molar refractivity (Wildman–Crippen MR) is 97.6 cm³/mol. The van der Waals surface area contributed by atoms with E-state index in [0.717, 1.165) is 55.6 Å². The molecule has 4 nitrogen and oxygen atoms in total. The van der Waals surface area contributed by atoms with E-state index in [4.69, 9.17) is 9.47 Å². The van der Waals surface area contributed by atoms with Gasteiger partial charge in [0, 0.05) is 11.5 Å². The first-order chi connectivity index (χ1) is 12.2. The molecule has 136 valence electrons. The van der Waals surface area contributed by atoms with E-state index in [1.807, 2.05) is 6.07 Å². The monoisotopic (exact) mass is 343 g/mol. The lowest BCUT2D eigenvalue weighted by Gasteiger charge is -2.24. The standard InChI is InChI=1S/C21H29NO3/c1-24-19-13-18-15(12-20(19)25-17-4-2-3-5-17)11-16(21(18)23)10-14-6-8-22-9-7-14/h12-14,16-17,22H,2-11H2,1H3. The molecule has 1 atom stereocenters. The number of carbonyl (C=O) groups is 1. The fourth-order valence-corrected chi connectivity index (χ4v) is 4.73. The molecule has 1 aliphatic heterocycles. The first-order valence-corrected chi connectivity index (χ1v) is 9.87. The van der Waals surface area contributed by atoms with Crippen LogP contribution in [0.25, 0.3) is 0 Å². The van der Waals surface area contributed by atoms with Crippen LogP contribution in [0.4, 0.5) is 0 Å². The molecule has 25 heavy (non-hydrogen) atoms. The number of rotatable bonds is 5. The number of piperidine rings is 1. The molecule has 1 unspecified atom stereocenters. The molecule has 0 amide bonds. The molecular weight excluding hydrogens is 314 g/mol. The molecule has 0 spiro atoms. The highest BCUT2D eigenvalue weighted by atomic mass is 16.5. The minimum Gasteiger partial charge on any atom is -0.493 e. The largest absolute Gasteiger partial charge is 0.493 e. The molecule has 1 aromatic rings. The maximum Gasteiger partial charge on any atom is 0.166 e. The average Bonchev–Trinajstić information content (AvgIpc) is 3.24. The van der Waals surface area contributed by atoms with Gasteiger partial charge in [-0.2, -0.15) is 0 Å². The van der Waals surface area contributed by atoms with E-state index in [9.17, 15) is 4.79 Å². The van der Waals surface area contributed by atoms with Crippen molar-refractivity contribution in [3.8, 4) is 11.5 Å². The molecule has 2 fully saturated rings. The van der Waals surface area contributed by atoms with Gasteiger partial charge in [0.05, 0.1) is 13.2 Å². The van der Waals surface area contributed by atoms with Crippen molar-refractivity contribution < 1.29 is 14.3 Å². The molecule has 2 aliphatic carbocycles. The number of fused-ring (bicyclic) bond motifs is 1. The summed E-state index contributed by atoms with van der Waals surface area (Å²) in [5.74, 6) is 2.66. The Morgan fingerprint density at radius 2 is 1.84 bits per heavy atom. The first kappa shape index (κ1) is 16.9. The molecular formula is C21H29NO3. The summed E-state index contributed by atoms with van der Waals surface area (Å²) in [6.45, 7) is 2.18. The Morgan fingerprint density at radius 3 is 2.56 bits per heavy atom. The lowest BCUT2D eigenvalue weighted by molar-refractivity contribution is 0.0913. The van der Waals surface area contributed by atoms with E-state index < -0.39 is 0 Å². The predicted octanol–water partition coefficient (Wildman–Crippen LogP) is 3.76. The van der Waals surface area contributed by atoms with Gasteiger partial charge in [0.25, 0.3) is 0 Å². The van der Waals surface area contributed by atoms with Gasteiger partial charge in [0.2, 0.25) is 0 Å². The number of hydrogen-bond donors (Lipinski definition) is 1. The number of methoxy groups -OCH3 is 1. The maximum absolute atomic E-state index is 12.9. The highest BCUT2D eigenvalue weighted by molar-refractivity contribution is 6.02. The average molecular weight is 343 g/mol. The number of ether oxygens (including phenoxy) is 2. The van der Waals surface area contributed by atoms with Crippen LogP contribution in [-0.4, -0.2) is 32.1 Å². The Kier molecular flexibility index (Phi) is 4.98. The number of hydrogen-bond acceptors (Lipinski definition) is 4. The number of carbonyl (C=O) groups excluding carboxylic acids is 1. The van der Waals surface area contributed by atoms with Crippen molar-refractivity contribution in [2.75, 3.05) is 20.2 Å². The summed E-state index contributed by atoms with van der Waals surface area (Å²) < 4.78 is 11.7. The first-order valence-electron chi connectivity index (χ1n) is 9.87. The zero-order valence-corrected chi connectivity index (χ0v) is 15.2. The fraction of sp³-hybridized carbons (Fsp3) is 0.667. The quantitative estimate of drug-likeness (QED) is 0.884. The smallest absolute Gasteiger partial charge is 0.166 e. The zero-order valence-electron chi connectivity index (χ0n) is 15.2. The van der Waals surface area contributed by atoms with Crippen LogP contribution >= 0.6 is 0 Å². The molecule has 4 heteroatoms. The molecule has 1 saturated heterocycles. The van der Waals surface area contributed by atoms with Gasteiger partial charge < -0.3 is 14.8 Å². The van der Waals surface area contributed by atoms with Gasteiger partial charge in [0.1, 0.15) is 0 Å². The summed E-state index contributed by atoms with van der Waals surface area (Å²) >= 11 is 0. The minimum atomic E-state index is 0.143. The second-order valence-electron chi connectivity index (χ2n) is 7.88. The van der Waals surface area contributed by atoms with Crippen LogP contribution in [0.5, 0.6) is 11.5 Å². The van der Waals surface area contributed by atoms with Gasteiger partial charge in [0.15, 0.2) is 17.3 Å². The van der Waals surface area contributed by atoms with E-state index in [1.54, 1.807) is 7.11 Å². The molecule has 1 N–H and O–H groups in total. The molecule has 4 rings (SSSR count). The van der Waals surface area contributed by atoms with Gasteiger partial charge in [-0.25, -0.2) is 0 Å². The molecule has 0 bridgehead atoms. The van der Waals surface area contributed by atoms with E-state index in [0.29, 0.717) is 23.6 Å². The Morgan fingerprint density at radius 1 is 1.08 bits per heavy atom.